The monoisotopic (exact) mass is 501 g/mol. The summed E-state index contributed by atoms with van der Waals surface area (Å²) in [6.45, 7) is 16.6. The summed E-state index contributed by atoms with van der Waals surface area (Å²) in [6.07, 6.45) is 27.4. The zero-order chi connectivity index (χ0) is 27.0. The minimum Gasteiger partial charge on any atom is -0.345 e. The predicted octanol–water partition coefficient (Wildman–Crippen LogP) is 10.3. The van der Waals surface area contributed by atoms with Crippen molar-refractivity contribution in [3.8, 4) is 11.1 Å². The van der Waals surface area contributed by atoms with Crippen LogP contribution in [0.15, 0.2) is 153 Å². The third-order valence-corrected chi connectivity index (χ3v) is 6.99. The molecule has 0 spiro atoms. The number of allylic oxidation sites excluding steroid dienone is 10. The molecule has 0 saturated heterocycles. The van der Waals surface area contributed by atoms with Crippen LogP contribution >= 0.6 is 0 Å². The minimum absolute atomic E-state index is 0.181. The van der Waals surface area contributed by atoms with Crippen LogP contribution < -0.4 is 0 Å². The fourth-order valence-corrected chi connectivity index (χ4v) is 4.89. The van der Waals surface area contributed by atoms with Crippen molar-refractivity contribution < 1.29 is 0 Å². The van der Waals surface area contributed by atoms with E-state index in [0.717, 1.165) is 62.6 Å². The first-order valence-electron chi connectivity index (χ1n) is 13.9. The topological polar surface area (TPSA) is 3.24 Å². The third kappa shape index (κ3) is 8.63. The second kappa shape index (κ2) is 16.1. The summed E-state index contributed by atoms with van der Waals surface area (Å²) in [5, 5.41) is 0. The van der Waals surface area contributed by atoms with Crippen molar-refractivity contribution >= 4 is 0 Å². The summed E-state index contributed by atoms with van der Waals surface area (Å²) in [7, 11) is 0. The van der Waals surface area contributed by atoms with E-state index in [1.165, 1.54) is 22.3 Å². The number of unbranched alkanes of at least 4 members (excludes halogenated alkanes) is 1. The van der Waals surface area contributed by atoms with Crippen LogP contribution in [0, 0.1) is 0 Å². The number of hydrogen-bond donors (Lipinski definition) is 0. The van der Waals surface area contributed by atoms with Crippen molar-refractivity contribution in [1.82, 2.24) is 4.90 Å². The molecule has 0 aromatic heterocycles. The molecule has 0 aliphatic heterocycles. The molecule has 1 heteroatoms. The molecule has 0 amide bonds. The van der Waals surface area contributed by atoms with E-state index in [9.17, 15) is 0 Å². The Morgan fingerprint density at radius 1 is 0.947 bits per heavy atom. The molecule has 1 atom stereocenters. The van der Waals surface area contributed by atoms with E-state index in [4.69, 9.17) is 0 Å². The maximum Gasteiger partial charge on any atom is 0.0510 e. The summed E-state index contributed by atoms with van der Waals surface area (Å²) >= 11 is 0. The lowest BCUT2D eigenvalue weighted by atomic mass is 9.95. The van der Waals surface area contributed by atoms with Crippen molar-refractivity contribution in [2.45, 2.75) is 57.4 Å². The van der Waals surface area contributed by atoms with Crippen LogP contribution in [0.1, 0.15) is 50.5 Å². The maximum atomic E-state index is 4.45. The minimum atomic E-state index is 0.181. The van der Waals surface area contributed by atoms with E-state index in [1.807, 2.05) is 12.2 Å². The Labute approximate surface area is 231 Å². The van der Waals surface area contributed by atoms with Gasteiger partial charge < -0.3 is 4.90 Å². The largest absolute Gasteiger partial charge is 0.345 e. The van der Waals surface area contributed by atoms with E-state index in [2.05, 4.69) is 128 Å². The highest BCUT2D eigenvalue weighted by atomic mass is 15.1. The molecule has 2 aromatic rings. The van der Waals surface area contributed by atoms with Crippen LogP contribution in [0.25, 0.3) is 11.1 Å². The van der Waals surface area contributed by atoms with Gasteiger partial charge >= 0.3 is 0 Å². The van der Waals surface area contributed by atoms with Crippen LogP contribution in [0.3, 0.4) is 0 Å². The van der Waals surface area contributed by atoms with E-state index in [0.29, 0.717) is 0 Å². The molecule has 3 rings (SSSR count). The summed E-state index contributed by atoms with van der Waals surface area (Å²) in [5.74, 6) is 0. The van der Waals surface area contributed by atoms with Crippen molar-refractivity contribution in [3.63, 3.8) is 0 Å². The standard InChI is InChI=1S/C37H43N/c1-5-8-11-20-31(4)38(30-19-27-32(6-2)33-21-12-9-13-22-33)36(7-3)28-18-26-35-25-16-17-29-37(35)34-23-14-10-15-24-34/h5-7,10,12,14-17,19,21-25,27,29-30,36H,1-4,8-9,11,13,18,20,26,28H2/b30-19+,32-27+. The fraction of sp³-hybridized carbons (Fsp3) is 0.243. The smallest absolute Gasteiger partial charge is 0.0510 e. The quantitative estimate of drug-likeness (QED) is 0.126. The molecule has 1 aliphatic rings. The van der Waals surface area contributed by atoms with Crippen LogP contribution in [0.2, 0.25) is 0 Å². The number of aryl methyl sites for hydroxylation is 1. The summed E-state index contributed by atoms with van der Waals surface area (Å²) in [5.41, 5.74) is 7.48. The van der Waals surface area contributed by atoms with Gasteiger partial charge in [0.15, 0.2) is 0 Å². The Balaban J connectivity index is 1.74. The lowest BCUT2D eigenvalue weighted by Gasteiger charge is -2.30. The second-order valence-electron chi connectivity index (χ2n) is 9.68. The van der Waals surface area contributed by atoms with Gasteiger partial charge in [0.2, 0.25) is 0 Å². The number of benzene rings is 2. The lowest BCUT2D eigenvalue weighted by Crippen LogP contribution is -2.28. The Kier molecular flexibility index (Phi) is 12.2. The number of nitrogens with zero attached hydrogens (tertiary/aromatic N) is 1. The molecule has 0 heterocycles. The van der Waals surface area contributed by atoms with Gasteiger partial charge in [0.05, 0.1) is 6.04 Å². The molecule has 1 aliphatic carbocycles. The molecule has 0 bridgehead atoms. The highest BCUT2D eigenvalue weighted by Crippen LogP contribution is 2.26. The van der Waals surface area contributed by atoms with Gasteiger partial charge in [0.25, 0.3) is 0 Å². The summed E-state index contributed by atoms with van der Waals surface area (Å²) in [6, 6.07) is 19.6. The second-order valence-corrected chi connectivity index (χ2v) is 9.68. The molecule has 1 nitrogen and oxygen atoms in total. The summed E-state index contributed by atoms with van der Waals surface area (Å²) in [4.78, 5) is 2.31. The molecule has 1 unspecified atom stereocenters. The van der Waals surface area contributed by atoms with Gasteiger partial charge in [0, 0.05) is 11.9 Å². The number of hydrogen-bond acceptors (Lipinski definition) is 1. The first-order chi connectivity index (χ1) is 18.7. The van der Waals surface area contributed by atoms with E-state index in [-0.39, 0.29) is 6.04 Å². The highest BCUT2D eigenvalue weighted by molar-refractivity contribution is 5.67. The van der Waals surface area contributed by atoms with Crippen molar-refractivity contribution in [2.24, 2.45) is 0 Å². The van der Waals surface area contributed by atoms with Gasteiger partial charge in [-0.05, 0) is 85.3 Å². The van der Waals surface area contributed by atoms with E-state index >= 15 is 0 Å². The molecule has 0 saturated carbocycles. The lowest BCUT2D eigenvalue weighted by molar-refractivity contribution is 0.355. The zero-order valence-corrected chi connectivity index (χ0v) is 22.9. The first kappa shape index (κ1) is 28.7. The van der Waals surface area contributed by atoms with E-state index < -0.39 is 0 Å². The van der Waals surface area contributed by atoms with Gasteiger partial charge in [-0.2, -0.15) is 0 Å². The van der Waals surface area contributed by atoms with Crippen LogP contribution in [0.4, 0.5) is 0 Å². The van der Waals surface area contributed by atoms with Gasteiger partial charge in [-0.15, -0.1) is 13.2 Å². The molecule has 0 fully saturated rings. The first-order valence-corrected chi connectivity index (χ1v) is 13.9. The normalized spacial score (nSPS) is 14.1. The zero-order valence-electron chi connectivity index (χ0n) is 22.9. The molecule has 0 N–H and O–H groups in total. The van der Waals surface area contributed by atoms with Crippen LogP contribution in [-0.2, 0) is 6.42 Å². The van der Waals surface area contributed by atoms with Crippen molar-refractivity contribution in [1.29, 1.82) is 0 Å². The Bertz CT molecular complexity index is 1190. The Morgan fingerprint density at radius 2 is 1.74 bits per heavy atom. The van der Waals surface area contributed by atoms with Gasteiger partial charge in [-0.1, -0.05) is 110 Å². The highest BCUT2D eigenvalue weighted by Gasteiger charge is 2.15. The number of rotatable bonds is 16. The maximum absolute atomic E-state index is 4.45. The van der Waals surface area contributed by atoms with Crippen LogP contribution in [-0.4, -0.2) is 10.9 Å². The SMILES string of the molecule is C=CCCCC(=C)N(/C=C/C=C(\C=C)C1=CCCC=C1)C(C=C)CCCc1ccccc1-c1ccccc1. The van der Waals surface area contributed by atoms with Crippen molar-refractivity contribution in [3.05, 3.63) is 158 Å². The predicted molar refractivity (Wildman–Crippen MR) is 168 cm³/mol. The van der Waals surface area contributed by atoms with Gasteiger partial charge in [-0.25, -0.2) is 0 Å². The third-order valence-electron chi connectivity index (χ3n) is 6.99. The molecule has 0 radical (unpaired) electrons. The van der Waals surface area contributed by atoms with Gasteiger partial charge in [-0.3, -0.25) is 0 Å². The van der Waals surface area contributed by atoms with Gasteiger partial charge in [0.1, 0.15) is 0 Å². The average molecular weight is 502 g/mol. The molecule has 38 heavy (non-hydrogen) atoms. The summed E-state index contributed by atoms with van der Waals surface area (Å²) < 4.78 is 0. The molecule has 2 aromatic carbocycles. The van der Waals surface area contributed by atoms with E-state index in [1.54, 1.807) is 0 Å². The molecule has 196 valence electrons. The Morgan fingerprint density at radius 3 is 2.45 bits per heavy atom. The molecular formula is C37H43N. The van der Waals surface area contributed by atoms with Crippen LogP contribution in [0.5, 0.6) is 0 Å². The van der Waals surface area contributed by atoms with Crippen molar-refractivity contribution in [2.75, 3.05) is 0 Å². The fourth-order valence-electron chi connectivity index (χ4n) is 4.89. The molecular weight excluding hydrogens is 458 g/mol. The Hall–Kier alpha value is -3.84. The average Bonchev–Trinajstić information content (AvgIpc) is 2.97.